The largest absolute Gasteiger partial charge is 0.457 e. The van der Waals surface area contributed by atoms with E-state index in [1.807, 2.05) is 31.2 Å². The quantitative estimate of drug-likeness (QED) is 0.624. The number of benzene rings is 2. The maximum absolute atomic E-state index is 11.9. The van der Waals surface area contributed by atoms with Crippen LogP contribution in [0.15, 0.2) is 79.9 Å². The summed E-state index contributed by atoms with van der Waals surface area (Å²) in [4.78, 5) is 17.1. The summed E-state index contributed by atoms with van der Waals surface area (Å²) in [5, 5.41) is 7.66. The Kier molecular flexibility index (Phi) is 5.33. The number of primary sulfonamides is 1. The molecule has 0 unspecified atom stereocenters. The minimum atomic E-state index is -3.75. The molecule has 152 valence electrons. The highest BCUT2D eigenvalue weighted by Gasteiger charge is 2.24. The average Bonchev–Trinajstić information content (AvgIpc) is 3.28. The zero-order valence-corrected chi connectivity index (χ0v) is 17.5. The van der Waals surface area contributed by atoms with Crippen molar-refractivity contribution in [1.82, 2.24) is 5.32 Å². The molecule has 30 heavy (non-hydrogen) atoms. The van der Waals surface area contributed by atoms with Gasteiger partial charge in [-0.1, -0.05) is 12.1 Å². The van der Waals surface area contributed by atoms with Crippen molar-refractivity contribution < 1.29 is 17.6 Å². The van der Waals surface area contributed by atoms with Crippen LogP contribution in [0.2, 0.25) is 0 Å². The number of aliphatic imine (C=N–C) groups is 1. The molecule has 7 nitrogen and oxygen atoms in total. The minimum Gasteiger partial charge on any atom is -0.457 e. The van der Waals surface area contributed by atoms with Gasteiger partial charge in [0.2, 0.25) is 10.0 Å². The third kappa shape index (κ3) is 4.54. The molecule has 1 saturated heterocycles. The summed E-state index contributed by atoms with van der Waals surface area (Å²) in [5.41, 5.74) is 2.52. The molecule has 2 heterocycles. The summed E-state index contributed by atoms with van der Waals surface area (Å²) in [5.74, 6) is 1.56. The van der Waals surface area contributed by atoms with Crippen LogP contribution in [0, 0.1) is 6.92 Å². The van der Waals surface area contributed by atoms with Crippen LogP contribution < -0.4 is 10.5 Å². The van der Waals surface area contributed by atoms with Crippen molar-refractivity contribution in [2.24, 2.45) is 10.1 Å². The first kappa shape index (κ1) is 20.1. The number of amidine groups is 1. The van der Waals surface area contributed by atoms with E-state index in [1.54, 1.807) is 30.3 Å². The topological polar surface area (TPSA) is 115 Å². The second-order valence-corrected chi connectivity index (χ2v) is 9.17. The number of aryl methyl sites for hydroxylation is 1. The van der Waals surface area contributed by atoms with E-state index in [1.165, 1.54) is 12.1 Å². The van der Waals surface area contributed by atoms with E-state index in [0.29, 0.717) is 27.8 Å². The third-order valence-electron chi connectivity index (χ3n) is 4.27. The van der Waals surface area contributed by atoms with Crippen molar-refractivity contribution in [3.05, 3.63) is 76.9 Å². The van der Waals surface area contributed by atoms with Crippen LogP contribution in [0.3, 0.4) is 0 Å². The van der Waals surface area contributed by atoms with Gasteiger partial charge in [-0.15, -0.1) is 0 Å². The molecule has 0 aliphatic carbocycles. The Hall–Kier alpha value is -3.14. The van der Waals surface area contributed by atoms with Gasteiger partial charge in [-0.2, -0.15) is 0 Å². The van der Waals surface area contributed by atoms with E-state index in [-0.39, 0.29) is 10.1 Å². The highest BCUT2D eigenvalue weighted by molar-refractivity contribution is 8.18. The number of thioether (sulfide) groups is 1. The lowest BCUT2D eigenvalue weighted by Crippen LogP contribution is -2.18. The van der Waals surface area contributed by atoms with Crippen LogP contribution in [-0.4, -0.2) is 19.5 Å². The zero-order valence-electron chi connectivity index (χ0n) is 15.8. The molecule has 0 bridgehead atoms. The standard InChI is InChI=1S/C21H17N3O4S2/c1-13-3-2-4-15(11-13)23-20-19(29-21(25)24-20)12-16-7-10-18(28-16)14-5-8-17(9-6-14)30(22,26)27/h2-12H,1H3,(H2,22,26,27)(H,23,24,25)/b19-12+. The van der Waals surface area contributed by atoms with Gasteiger partial charge in [0.25, 0.3) is 5.24 Å². The van der Waals surface area contributed by atoms with Gasteiger partial charge in [-0.3, -0.25) is 4.79 Å². The van der Waals surface area contributed by atoms with E-state index in [2.05, 4.69) is 10.3 Å². The molecule has 0 spiro atoms. The maximum Gasteiger partial charge on any atom is 0.289 e. The summed E-state index contributed by atoms with van der Waals surface area (Å²) < 4.78 is 28.6. The smallest absolute Gasteiger partial charge is 0.289 e. The van der Waals surface area contributed by atoms with Crippen molar-refractivity contribution in [2.45, 2.75) is 11.8 Å². The second-order valence-electron chi connectivity index (χ2n) is 6.59. The number of nitrogens with one attached hydrogen (secondary N) is 1. The Morgan fingerprint density at radius 3 is 2.57 bits per heavy atom. The number of sulfonamides is 1. The van der Waals surface area contributed by atoms with Gasteiger partial charge in [0.1, 0.15) is 17.4 Å². The number of hydrogen-bond acceptors (Lipinski definition) is 6. The average molecular weight is 440 g/mol. The van der Waals surface area contributed by atoms with Crippen molar-refractivity contribution in [2.75, 3.05) is 0 Å². The van der Waals surface area contributed by atoms with Gasteiger partial charge in [0.05, 0.1) is 15.5 Å². The number of furan rings is 1. The fraction of sp³-hybridized carbons (Fsp3) is 0.0476. The number of hydrogen-bond donors (Lipinski definition) is 2. The fourth-order valence-electron chi connectivity index (χ4n) is 2.86. The van der Waals surface area contributed by atoms with Crippen molar-refractivity contribution >= 4 is 44.6 Å². The minimum absolute atomic E-state index is 0.0316. The SMILES string of the molecule is Cc1cccc(N=C2NC(=O)S/C2=C/c2ccc(-c3ccc(S(N)(=O)=O)cc3)o2)c1. The molecular formula is C21H17N3O4S2. The predicted molar refractivity (Wildman–Crippen MR) is 118 cm³/mol. The summed E-state index contributed by atoms with van der Waals surface area (Å²) in [6.45, 7) is 1.97. The van der Waals surface area contributed by atoms with Crippen LogP contribution in [0.4, 0.5) is 10.5 Å². The first-order chi connectivity index (χ1) is 14.3. The molecule has 3 aromatic rings. The highest BCUT2D eigenvalue weighted by Crippen LogP contribution is 2.31. The van der Waals surface area contributed by atoms with E-state index in [9.17, 15) is 13.2 Å². The van der Waals surface area contributed by atoms with E-state index in [4.69, 9.17) is 9.56 Å². The molecule has 1 amide bonds. The van der Waals surface area contributed by atoms with Crippen LogP contribution in [0.5, 0.6) is 0 Å². The Morgan fingerprint density at radius 2 is 1.87 bits per heavy atom. The van der Waals surface area contributed by atoms with Crippen molar-refractivity contribution in [3.63, 3.8) is 0 Å². The number of nitrogens with two attached hydrogens (primary N) is 1. The van der Waals surface area contributed by atoms with Crippen molar-refractivity contribution in [1.29, 1.82) is 0 Å². The maximum atomic E-state index is 11.9. The highest BCUT2D eigenvalue weighted by atomic mass is 32.2. The van der Waals surface area contributed by atoms with E-state index >= 15 is 0 Å². The molecule has 0 atom stereocenters. The van der Waals surface area contributed by atoms with Gasteiger partial charge >= 0.3 is 0 Å². The molecule has 1 fully saturated rings. The fourth-order valence-corrected chi connectivity index (χ4v) is 4.09. The molecular weight excluding hydrogens is 422 g/mol. The van der Waals surface area contributed by atoms with Gasteiger partial charge < -0.3 is 9.73 Å². The summed E-state index contributed by atoms with van der Waals surface area (Å²) in [7, 11) is -3.75. The normalized spacial score (nSPS) is 16.9. The Bertz CT molecular complexity index is 1290. The zero-order chi connectivity index (χ0) is 21.3. The predicted octanol–water partition coefficient (Wildman–Crippen LogP) is 4.43. The number of rotatable bonds is 4. The second kappa shape index (κ2) is 7.94. The van der Waals surface area contributed by atoms with Crippen molar-refractivity contribution in [3.8, 4) is 11.3 Å². The summed E-state index contributed by atoms with van der Waals surface area (Å²) >= 11 is 1.04. The van der Waals surface area contributed by atoms with Gasteiger partial charge in [0, 0.05) is 5.56 Å². The number of carbonyl (C=O) groups is 1. The summed E-state index contributed by atoms with van der Waals surface area (Å²) in [6.07, 6.45) is 1.74. The lowest BCUT2D eigenvalue weighted by Gasteiger charge is -2.01. The molecule has 0 radical (unpaired) electrons. The molecule has 9 heteroatoms. The van der Waals surface area contributed by atoms with E-state index in [0.717, 1.165) is 23.0 Å². The molecule has 0 saturated carbocycles. The number of amides is 1. The first-order valence-corrected chi connectivity index (χ1v) is 11.2. The van der Waals surface area contributed by atoms with Crippen LogP contribution in [0.1, 0.15) is 11.3 Å². The lowest BCUT2D eigenvalue weighted by atomic mass is 10.2. The molecule has 1 aliphatic heterocycles. The molecule has 1 aromatic heterocycles. The van der Waals surface area contributed by atoms with Crippen LogP contribution in [0.25, 0.3) is 17.4 Å². The number of carbonyl (C=O) groups excluding carboxylic acids is 1. The number of nitrogens with zero attached hydrogens (tertiary/aromatic N) is 1. The third-order valence-corrected chi connectivity index (χ3v) is 6.01. The van der Waals surface area contributed by atoms with Crippen LogP contribution in [-0.2, 0) is 10.0 Å². The first-order valence-electron chi connectivity index (χ1n) is 8.87. The molecule has 1 aliphatic rings. The monoisotopic (exact) mass is 439 g/mol. The van der Waals surface area contributed by atoms with Gasteiger partial charge in [-0.25, -0.2) is 18.5 Å². The summed E-state index contributed by atoms with van der Waals surface area (Å²) in [6, 6.07) is 17.3. The van der Waals surface area contributed by atoms with Gasteiger partial charge in [-0.05, 0) is 78.9 Å². The van der Waals surface area contributed by atoms with Crippen LogP contribution >= 0.6 is 11.8 Å². The Balaban J connectivity index is 1.61. The van der Waals surface area contributed by atoms with E-state index < -0.39 is 10.0 Å². The molecule has 3 N–H and O–H groups in total. The lowest BCUT2D eigenvalue weighted by molar-refractivity contribution is 0.265. The Morgan fingerprint density at radius 1 is 1.10 bits per heavy atom. The molecule has 4 rings (SSSR count). The Labute approximate surface area is 177 Å². The van der Waals surface area contributed by atoms with Gasteiger partial charge in [0.15, 0.2) is 0 Å². The molecule has 2 aromatic carbocycles.